The molecule has 4 heteroatoms. The zero-order chi connectivity index (χ0) is 14.1. The molecule has 0 N–H and O–H groups in total. The van der Waals surface area contributed by atoms with Crippen molar-refractivity contribution in [1.82, 2.24) is 0 Å². The summed E-state index contributed by atoms with van der Waals surface area (Å²) < 4.78 is 18.9. The molecule has 0 saturated carbocycles. The van der Waals surface area contributed by atoms with Gasteiger partial charge < -0.3 is 4.74 Å². The number of hydrogen-bond acceptors (Lipinski definition) is 2. The Morgan fingerprint density at radius 1 is 1.25 bits per heavy atom. The van der Waals surface area contributed by atoms with Crippen molar-refractivity contribution in [3.05, 3.63) is 64.4 Å². The first kappa shape index (κ1) is 13.1. The lowest BCUT2D eigenvalue weighted by molar-refractivity contribution is 0.0855. The van der Waals surface area contributed by atoms with E-state index in [1.807, 2.05) is 24.3 Å². The average molecular weight is 291 g/mol. The third kappa shape index (κ3) is 2.41. The Morgan fingerprint density at radius 2 is 2.05 bits per heavy atom. The van der Waals surface area contributed by atoms with E-state index < -0.39 is 5.82 Å². The predicted molar refractivity (Wildman–Crippen MR) is 74.9 cm³/mol. The fraction of sp³-hybridized carbons (Fsp3) is 0.188. The van der Waals surface area contributed by atoms with Crippen LogP contribution >= 0.6 is 11.6 Å². The molecule has 0 saturated heterocycles. The molecule has 2 nitrogen and oxygen atoms in total. The van der Waals surface area contributed by atoms with E-state index in [4.69, 9.17) is 16.3 Å². The van der Waals surface area contributed by atoms with Crippen molar-refractivity contribution >= 4 is 17.4 Å². The van der Waals surface area contributed by atoms with Crippen molar-refractivity contribution in [2.24, 2.45) is 5.92 Å². The van der Waals surface area contributed by atoms with Crippen molar-refractivity contribution in [1.29, 1.82) is 0 Å². The minimum atomic E-state index is -0.463. The zero-order valence-electron chi connectivity index (χ0n) is 10.6. The maximum absolute atomic E-state index is 13.3. The second kappa shape index (κ2) is 5.25. The molecule has 20 heavy (non-hydrogen) atoms. The van der Waals surface area contributed by atoms with Gasteiger partial charge >= 0.3 is 0 Å². The fourth-order valence-corrected chi connectivity index (χ4v) is 2.61. The highest BCUT2D eigenvalue weighted by Gasteiger charge is 2.28. The van der Waals surface area contributed by atoms with Gasteiger partial charge in [-0.25, -0.2) is 4.39 Å². The Kier molecular flexibility index (Phi) is 3.45. The molecule has 3 rings (SSSR count). The lowest BCUT2D eigenvalue weighted by atomic mass is 9.90. The van der Waals surface area contributed by atoms with Crippen molar-refractivity contribution < 1.29 is 13.9 Å². The number of ketones is 1. The van der Waals surface area contributed by atoms with Crippen LogP contribution in [0.25, 0.3) is 0 Å². The average Bonchev–Trinajstić information content (AvgIpc) is 2.48. The Labute approximate surface area is 121 Å². The van der Waals surface area contributed by atoms with Gasteiger partial charge in [-0.05, 0) is 36.2 Å². The SMILES string of the molecule is O=C(c1cc(F)ccc1Cl)C1COc2ccccc2C1. The Morgan fingerprint density at radius 3 is 2.90 bits per heavy atom. The maximum Gasteiger partial charge on any atom is 0.171 e. The number of ether oxygens (including phenoxy) is 1. The van der Waals surface area contributed by atoms with Crippen LogP contribution in [0, 0.1) is 11.7 Å². The fourth-order valence-electron chi connectivity index (χ4n) is 2.40. The van der Waals surface area contributed by atoms with Gasteiger partial charge in [0, 0.05) is 5.56 Å². The van der Waals surface area contributed by atoms with E-state index in [1.54, 1.807) is 0 Å². The van der Waals surface area contributed by atoms with Gasteiger partial charge in [-0.3, -0.25) is 4.79 Å². The zero-order valence-corrected chi connectivity index (χ0v) is 11.4. The Bertz CT molecular complexity index is 669. The molecule has 2 aromatic carbocycles. The van der Waals surface area contributed by atoms with E-state index in [1.165, 1.54) is 18.2 Å². The van der Waals surface area contributed by atoms with Gasteiger partial charge in [0.05, 0.1) is 17.5 Å². The normalized spacial score (nSPS) is 17.2. The predicted octanol–water partition coefficient (Wildman–Crippen LogP) is 3.91. The van der Waals surface area contributed by atoms with E-state index in [0.29, 0.717) is 13.0 Å². The number of para-hydroxylation sites is 1. The topological polar surface area (TPSA) is 26.3 Å². The van der Waals surface area contributed by atoms with Crippen LogP contribution in [0.3, 0.4) is 0 Å². The number of Topliss-reactive ketones (excluding diaryl/α,β-unsaturated/α-hetero) is 1. The molecule has 0 aromatic heterocycles. The smallest absolute Gasteiger partial charge is 0.171 e. The number of rotatable bonds is 2. The molecule has 1 aliphatic rings. The van der Waals surface area contributed by atoms with Crippen molar-refractivity contribution in [3.8, 4) is 5.75 Å². The van der Waals surface area contributed by atoms with E-state index in [0.717, 1.165) is 11.3 Å². The number of benzene rings is 2. The minimum absolute atomic E-state index is 0.177. The van der Waals surface area contributed by atoms with Crippen LogP contribution in [0.5, 0.6) is 5.75 Å². The van der Waals surface area contributed by atoms with Crippen LogP contribution in [-0.2, 0) is 6.42 Å². The molecule has 1 heterocycles. The second-order valence-electron chi connectivity index (χ2n) is 4.81. The summed E-state index contributed by atoms with van der Waals surface area (Å²) in [7, 11) is 0. The highest BCUT2D eigenvalue weighted by molar-refractivity contribution is 6.34. The molecular weight excluding hydrogens is 279 g/mol. The monoisotopic (exact) mass is 290 g/mol. The third-order valence-electron chi connectivity index (χ3n) is 3.44. The van der Waals surface area contributed by atoms with Crippen LogP contribution in [0.15, 0.2) is 42.5 Å². The molecule has 0 amide bonds. The van der Waals surface area contributed by atoms with Gasteiger partial charge in [-0.2, -0.15) is 0 Å². The van der Waals surface area contributed by atoms with Crippen molar-refractivity contribution in [2.45, 2.75) is 6.42 Å². The van der Waals surface area contributed by atoms with Gasteiger partial charge in [0.25, 0.3) is 0 Å². The molecule has 0 aliphatic carbocycles. The first-order valence-electron chi connectivity index (χ1n) is 6.35. The lowest BCUT2D eigenvalue weighted by Crippen LogP contribution is -2.28. The maximum atomic E-state index is 13.3. The van der Waals surface area contributed by atoms with Crippen LogP contribution in [0.2, 0.25) is 5.02 Å². The lowest BCUT2D eigenvalue weighted by Gasteiger charge is -2.24. The molecule has 0 bridgehead atoms. The molecule has 0 spiro atoms. The third-order valence-corrected chi connectivity index (χ3v) is 3.77. The Hall–Kier alpha value is -1.87. The summed E-state index contributed by atoms with van der Waals surface area (Å²) in [5.41, 5.74) is 1.21. The first-order valence-corrected chi connectivity index (χ1v) is 6.73. The number of hydrogen-bond donors (Lipinski definition) is 0. The van der Waals surface area contributed by atoms with Gasteiger partial charge in [0.15, 0.2) is 5.78 Å². The van der Waals surface area contributed by atoms with Crippen molar-refractivity contribution in [3.63, 3.8) is 0 Å². The Balaban J connectivity index is 1.88. The second-order valence-corrected chi connectivity index (χ2v) is 5.22. The van der Waals surface area contributed by atoms with Crippen molar-refractivity contribution in [2.75, 3.05) is 6.61 Å². The van der Waals surface area contributed by atoms with Crippen LogP contribution in [0.1, 0.15) is 15.9 Å². The molecule has 1 unspecified atom stereocenters. The first-order chi connectivity index (χ1) is 9.65. The highest BCUT2D eigenvalue weighted by Crippen LogP contribution is 2.30. The van der Waals surface area contributed by atoms with Gasteiger partial charge in [0.2, 0.25) is 0 Å². The standard InChI is InChI=1S/C16H12ClFO2/c17-14-6-5-12(18)8-13(14)16(19)11-7-10-3-1-2-4-15(10)20-9-11/h1-6,8,11H,7,9H2. The molecule has 0 fully saturated rings. The largest absolute Gasteiger partial charge is 0.493 e. The summed E-state index contributed by atoms with van der Waals surface area (Å²) in [6.45, 7) is 0.294. The van der Waals surface area contributed by atoms with Crippen LogP contribution < -0.4 is 4.74 Å². The summed E-state index contributed by atoms with van der Waals surface area (Å²) in [4.78, 5) is 12.5. The molecule has 1 aliphatic heterocycles. The minimum Gasteiger partial charge on any atom is -0.493 e. The number of halogens is 2. The van der Waals surface area contributed by atoms with Gasteiger partial charge in [0.1, 0.15) is 11.6 Å². The summed E-state index contributed by atoms with van der Waals surface area (Å²) >= 11 is 5.98. The van der Waals surface area contributed by atoms with Gasteiger partial charge in [-0.1, -0.05) is 29.8 Å². The van der Waals surface area contributed by atoms with E-state index in [-0.39, 0.29) is 22.3 Å². The van der Waals surface area contributed by atoms with E-state index in [9.17, 15) is 9.18 Å². The van der Waals surface area contributed by atoms with E-state index in [2.05, 4.69) is 0 Å². The van der Waals surface area contributed by atoms with E-state index >= 15 is 0 Å². The summed E-state index contributed by atoms with van der Waals surface area (Å²) in [5, 5.41) is 0.273. The summed E-state index contributed by atoms with van der Waals surface area (Å²) in [6, 6.07) is 11.4. The molecule has 2 aromatic rings. The number of carbonyl (C=O) groups is 1. The quantitative estimate of drug-likeness (QED) is 0.784. The van der Waals surface area contributed by atoms with Crippen LogP contribution in [-0.4, -0.2) is 12.4 Å². The molecular formula is C16H12ClFO2. The molecule has 102 valence electrons. The van der Waals surface area contributed by atoms with Gasteiger partial charge in [-0.15, -0.1) is 0 Å². The van der Waals surface area contributed by atoms with Crippen LogP contribution in [0.4, 0.5) is 4.39 Å². The number of fused-ring (bicyclic) bond motifs is 1. The molecule has 1 atom stereocenters. The summed E-state index contributed by atoms with van der Waals surface area (Å²) in [6.07, 6.45) is 0.585. The highest BCUT2D eigenvalue weighted by atomic mass is 35.5. The molecule has 0 radical (unpaired) electrons. The number of carbonyl (C=O) groups excluding carboxylic acids is 1. The summed E-state index contributed by atoms with van der Waals surface area (Å²) in [5.74, 6) is -0.162.